The van der Waals surface area contributed by atoms with Gasteiger partial charge in [-0.15, -0.1) is 0 Å². The van der Waals surface area contributed by atoms with Crippen molar-refractivity contribution in [3.05, 3.63) is 11.6 Å². The summed E-state index contributed by atoms with van der Waals surface area (Å²) < 4.78 is 23.3. The lowest BCUT2D eigenvalue weighted by Crippen LogP contribution is -2.60. The predicted octanol–water partition coefficient (Wildman–Crippen LogP) is 3.66. The summed E-state index contributed by atoms with van der Waals surface area (Å²) in [4.78, 5) is 38.9. The Kier molecular flexibility index (Phi) is 7.49. The largest absolute Gasteiger partial charge is 0.454 e. The Bertz CT molecular complexity index is 1400. The fourth-order valence-electron chi connectivity index (χ4n) is 12.2. The number of epoxide rings is 1. The van der Waals surface area contributed by atoms with Gasteiger partial charge < -0.3 is 34.3 Å². The predicted molar refractivity (Wildman–Crippen MR) is 169 cm³/mol. The van der Waals surface area contributed by atoms with E-state index < -0.39 is 64.6 Å². The molecule has 14 atom stereocenters. The smallest absolute Gasteiger partial charge is 0.303 e. The molecule has 2 heterocycles. The summed E-state index contributed by atoms with van der Waals surface area (Å²) in [6.07, 6.45) is 0.886. The van der Waals surface area contributed by atoms with E-state index in [9.17, 15) is 29.7 Å². The molecule has 0 aromatic carbocycles. The molecular weight excluding hydrogens is 604 g/mol. The number of fused-ring (bicyclic) bond motifs is 2. The van der Waals surface area contributed by atoms with Gasteiger partial charge in [0.1, 0.15) is 24.1 Å². The Morgan fingerprint density at radius 1 is 1.11 bits per heavy atom. The van der Waals surface area contributed by atoms with Gasteiger partial charge in [0.25, 0.3) is 0 Å². The normalized spacial score (nSPS) is 51.0. The molecule has 2 saturated heterocycles. The minimum atomic E-state index is -1.32. The summed E-state index contributed by atoms with van der Waals surface area (Å²) in [5.74, 6) is -0.587. The van der Waals surface area contributed by atoms with Crippen molar-refractivity contribution in [1.82, 2.24) is 0 Å². The van der Waals surface area contributed by atoms with Gasteiger partial charge in [-0.2, -0.15) is 0 Å². The highest BCUT2D eigenvalue weighted by Crippen LogP contribution is 2.87. The Morgan fingerprint density at radius 3 is 2.43 bits per heavy atom. The van der Waals surface area contributed by atoms with Crippen molar-refractivity contribution in [3.63, 3.8) is 0 Å². The molecule has 262 valence electrons. The van der Waals surface area contributed by atoms with Crippen LogP contribution in [0.2, 0.25) is 0 Å². The third kappa shape index (κ3) is 4.46. The van der Waals surface area contributed by atoms with Gasteiger partial charge in [-0.25, -0.2) is 0 Å². The Balaban J connectivity index is 1.15. The van der Waals surface area contributed by atoms with Crippen LogP contribution in [0, 0.1) is 44.8 Å². The number of hydrogen-bond acceptors (Lipinski definition) is 10. The highest BCUT2D eigenvalue weighted by molar-refractivity contribution is 5.90. The van der Waals surface area contributed by atoms with Crippen LogP contribution in [-0.4, -0.2) is 88.0 Å². The summed E-state index contributed by atoms with van der Waals surface area (Å²) in [6.45, 7) is 15.8. The molecule has 3 N–H and O–H groups in total. The summed E-state index contributed by atoms with van der Waals surface area (Å²) in [5.41, 5.74) is -0.923. The molecule has 6 fully saturated rings. The highest BCUT2D eigenvalue weighted by Gasteiger charge is 2.84. The monoisotopic (exact) mass is 658 g/mol. The van der Waals surface area contributed by atoms with Crippen molar-refractivity contribution in [2.75, 3.05) is 6.61 Å². The van der Waals surface area contributed by atoms with Crippen molar-refractivity contribution in [3.8, 4) is 0 Å². The molecule has 0 amide bonds. The first kappa shape index (κ1) is 33.8. The number of hydrogen-bond donors (Lipinski definition) is 3. The van der Waals surface area contributed by atoms with E-state index in [-0.39, 0.29) is 52.9 Å². The van der Waals surface area contributed by atoms with Crippen LogP contribution in [0.15, 0.2) is 11.6 Å². The maximum Gasteiger partial charge on any atom is 0.303 e. The van der Waals surface area contributed by atoms with Crippen LogP contribution < -0.4 is 0 Å². The molecule has 7 rings (SSSR count). The molecule has 0 unspecified atom stereocenters. The molecule has 10 nitrogen and oxygen atoms in total. The first-order valence-electron chi connectivity index (χ1n) is 17.7. The first-order valence-corrected chi connectivity index (χ1v) is 17.7. The van der Waals surface area contributed by atoms with E-state index in [0.29, 0.717) is 25.7 Å². The summed E-state index contributed by atoms with van der Waals surface area (Å²) in [7, 11) is 0. The summed E-state index contributed by atoms with van der Waals surface area (Å²) in [6, 6.07) is 0. The zero-order valence-electron chi connectivity index (χ0n) is 29.2. The van der Waals surface area contributed by atoms with Crippen LogP contribution in [0.5, 0.6) is 0 Å². The molecule has 0 bridgehead atoms. The molecule has 2 spiro atoms. The van der Waals surface area contributed by atoms with Gasteiger partial charge in [-0.05, 0) is 74.0 Å². The van der Waals surface area contributed by atoms with Crippen LogP contribution >= 0.6 is 0 Å². The van der Waals surface area contributed by atoms with Crippen LogP contribution in [-0.2, 0) is 33.3 Å². The molecule has 0 aromatic rings. The van der Waals surface area contributed by atoms with Gasteiger partial charge in [0.15, 0.2) is 18.2 Å². The number of ketones is 2. The van der Waals surface area contributed by atoms with Gasteiger partial charge in [-0.1, -0.05) is 46.3 Å². The Hall–Kier alpha value is -1.69. The van der Waals surface area contributed by atoms with Crippen LogP contribution in [0.25, 0.3) is 0 Å². The first-order chi connectivity index (χ1) is 21.8. The van der Waals surface area contributed by atoms with Gasteiger partial charge >= 0.3 is 5.97 Å². The second-order valence-electron chi connectivity index (χ2n) is 17.9. The maximum absolute atomic E-state index is 14.0. The number of aliphatic hydroxyl groups is 3. The third-order valence-electron chi connectivity index (χ3n) is 14.7. The zero-order valence-corrected chi connectivity index (χ0v) is 29.2. The van der Waals surface area contributed by atoms with E-state index in [1.165, 1.54) is 12.5 Å². The number of rotatable bonds is 7. The van der Waals surface area contributed by atoms with Crippen molar-refractivity contribution in [2.24, 2.45) is 44.8 Å². The SMILES string of the molecule is CC(=O)O[C@H]1[C@H](O[C@H]2CC[C@]34C[C@@]35C(=CC[C@H]4C2(C)C)[C@]2(C)CC(=O)[C@H]([C@H](C)CC(=O)[C@@H]3OC3(C)C)[C@@]2(C)C[C@@H]5O)OC[C@@H](O)[C@@H]1O. The fraction of sp³-hybridized carbons (Fsp3) is 0.865. The summed E-state index contributed by atoms with van der Waals surface area (Å²) in [5, 5.41) is 33.1. The number of Topliss-reactive ketones (excluding diaryl/α,β-unsaturated/α-hetero) is 2. The average molecular weight is 659 g/mol. The second kappa shape index (κ2) is 10.4. The fourth-order valence-corrected chi connectivity index (χ4v) is 12.2. The van der Waals surface area contributed by atoms with E-state index in [1.54, 1.807) is 0 Å². The van der Waals surface area contributed by atoms with Gasteiger partial charge in [0, 0.05) is 36.5 Å². The number of allylic oxidation sites excluding steroid dienone is 1. The number of esters is 1. The Labute approximate surface area is 277 Å². The van der Waals surface area contributed by atoms with E-state index in [0.717, 1.165) is 19.3 Å². The number of carbonyl (C=O) groups excluding carboxylic acids is 3. The molecule has 2 aliphatic heterocycles. The van der Waals surface area contributed by atoms with Gasteiger partial charge in [0.2, 0.25) is 0 Å². The minimum absolute atomic E-state index is 0.0610. The van der Waals surface area contributed by atoms with E-state index in [2.05, 4.69) is 33.8 Å². The van der Waals surface area contributed by atoms with Crippen LogP contribution in [0.3, 0.4) is 0 Å². The number of aliphatic hydroxyl groups excluding tert-OH is 3. The standard InChI is InChI=1S/C37H54O10/c1-18(13-20(39)30-33(5,6)47-30)27-21(40)14-34(7)24-10-9-23-32(3,4)26(46-31-29(45-19(2)38)28(43)22(41)16-44-31)11-12-36(23)17-37(24,36)25(42)15-35(27,34)8/h10,18,22-23,25-31,41-43H,9,11-17H2,1-8H3/t18-,22-,23+,25+,26+,27+,28+,29-,30+,31+,34+,35-,36-,37+/m1/s1. The Morgan fingerprint density at radius 2 is 1.79 bits per heavy atom. The lowest BCUT2D eigenvalue weighted by molar-refractivity contribution is -0.303. The molecule has 0 radical (unpaired) electrons. The quantitative estimate of drug-likeness (QED) is 0.210. The molecule has 47 heavy (non-hydrogen) atoms. The van der Waals surface area contributed by atoms with Crippen molar-refractivity contribution in [1.29, 1.82) is 0 Å². The van der Waals surface area contributed by atoms with E-state index >= 15 is 0 Å². The summed E-state index contributed by atoms with van der Waals surface area (Å²) >= 11 is 0. The van der Waals surface area contributed by atoms with Crippen molar-refractivity contribution in [2.45, 2.75) is 149 Å². The molecule has 10 heteroatoms. The molecule has 0 aromatic heterocycles. The lowest BCUT2D eigenvalue weighted by Gasteiger charge is -2.61. The number of ether oxygens (including phenoxy) is 4. The average Bonchev–Trinajstić information content (AvgIpc) is 3.81. The van der Waals surface area contributed by atoms with Crippen LogP contribution in [0.4, 0.5) is 0 Å². The van der Waals surface area contributed by atoms with Crippen molar-refractivity contribution < 1.29 is 48.7 Å². The minimum Gasteiger partial charge on any atom is -0.454 e. The molecule has 4 saturated carbocycles. The molecular formula is C37H54O10. The topological polar surface area (TPSA) is 152 Å². The lowest BCUT2D eigenvalue weighted by atomic mass is 9.44. The maximum atomic E-state index is 14.0. The molecule has 7 aliphatic rings. The number of carbonyl (C=O) groups is 3. The van der Waals surface area contributed by atoms with Gasteiger partial charge in [-0.3, -0.25) is 14.4 Å². The highest BCUT2D eigenvalue weighted by atomic mass is 16.7. The van der Waals surface area contributed by atoms with Gasteiger partial charge in [0.05, 0.1) is 24.4 Å². The van der Waals surface area contributed by atoms with E-state index in [1.807, 2.05) is 20.8 Å². The molecule has 5 aliphatic carbocycles. The third-order valence-corrected chi connectivity index (χ3v) is 14.7. The second-order valence-corrected chi connectivity index (χ2v) is 17.9. The van der Waals surface area contributed by atoms with Crippen LogP contribution in [0.1, 0.15) is 100 Å². The van der Waals surface area contributed by atoms with E-state index in [4.69, 9.17) is 18.9 Å². The van der Waals surface area contributed by atoms with Crippen molar-refractivity contribution >= 4 is 17.5 Å². The zero-order chi connectivity index (χ0) is 34.3.